The van der Waals surface area contributed by atoms with Gasteiger partial charge in [-0.25, -0.2) is 4.79 Å². The van der Waals surface area contributed by atoms with E-state index in [0.29, 0.717) is 16.3 Å². The highest BCUT2D eigenvalue weighted by molar-refractivity contribution is 5.98. The minimum Gasteiger partial charge on any atom is -0.330 e. The quantitative estimate of drug-likeness (QED) is 0.0979. The van der Waals surface area contributed by atoms with Crippen molar-refractivity contribution in [1.82, 2.24) is 5.32 Å². The Labute approximate surface area is 247 Å². The lowest BCUT2D eigenvalue weighted by atomic mass is 9.79. The molecule has 0 aromatic carbocycles. The molecule has 2 aliphatic heterocycles. The van der Waals surface area contributed by atoms with Gasteiger partial charge in [0.1, 0.15) is 0 Å². The van der Waals surface area contributed by atoms with E-state index in [9.17, 15) is 9.59 Å². The number of carbonyl (C=O) groups excluding carboxylic acids is 2. The molecule has 2 saturated heterocycles. The lowest BCUT2D eigenvalue weighted by Gasteiger charge is -2.27. The number of carbonyl (C=O) groups is 2. The van der Waals surface area contributed by atoms with Crippen LogP contribution in [0.5, 0.6) is 0 Å². The van der Waals surface area contributed by atoms with Crippen LogP contribution >= 0.6 is 0 Å². The molecule has 5 atom stereocenters. The number of fused-ring (bicyclic) bond motifs is 1. The van der Waals surface area contributed by atoms with E-state index in [-0.39, 0.29) is 22.9 Å². The average Bonchev–Trinajstić information content (AvgIpc) is 3.74. The third kappa shape index (κ3) is 6.18. The molecule has 40 heavy (non-hydrogen) atoms. The van der Waals surface area contributed by atoms with Crippen LogP contribution in [0.1, 0.15) is 170 Å². The van der Waals surface area contributed by atoms with E-state index < -0.39 is 0 Å². The average molecular weight is 556 g/mol. The maximum Gasteiger partial charge on any atom is 0.382 e. The topological polar surface area (TPSA) is 46.2 Å². The zero-order valence-corrected chi connectivity index (χ0v) is 27.2. The van der Waals surface area contributed by atoms with Crippen molar-refractivity contribution < 1.29 is 14.1 Å². The monoisotopic (exact) mass is 555 g/mol. The van der Waals surface area contributed by atoms with E-state index in [1.54, 1.807) is 0 Å². The van der Waals surface area contributed by atoms with Gasteiger partial charge in [0.15, 0.2) is 11.2 Å². The highest BCUT2D eigenvalue weighted by Crippen LogP contribution is 2.78. The van der Waals surface area contributed by atoms with Crippen molar-refractivity contribution in [2.45, 2.75) is 181 Å². The van der Waals surface area contributed by atoms with Crippen molar-refractivity contribution in [3.05, 3.63) is 23.5 Å². The fourth-order valence-corrected chi connectivity index (χ4v) is 8.38. The molecule has 1 saturated carbocycles. The van der Waals surface area contributed by atoms with Crippen molar-refractivity contribution >= 4 is 11.8 Å². The molecule has 5 unspecified atom stereocenters. The van der Waals surface area contributed by atoms with Gasteiger partial charge in [0.05, 0.1) is 0 Å². The Morgan fingerprint density at radius 3 is 2.25 bits per heavy atom. The summed E-state index contributed by atoms with van der Waals surface area (Å²) < 4.78 is 0.625. The fourth-order valence-electron chi connectivity index (χ4n) is 8.38. The van der Waals surface area contributed by atoms with Crippen LogP contribution in [-0.4, -0.2) is 27.4 Å². The highest BCUT2D eigenvalue weighted by atomic mass is 16.2. The van der Waals surface area contributed by atoms with Crippen LogP contribution in [0, 0.1) is 11.8 Å². The van der Waals surface area contributed by atoms with Gasteiger partial charge in [0, 0.05) is 37.3 Å². The number of nitrogens with one attached hydrogen (secondary N) is 1. The molecule has 0 radical (unpaired) electrons. The number of hydrogen-bond acceptors (Lipinski definition) is 2. The summed E-state index contributed by atoms with van der Waals surface area (Å²) in [6.07, 6.45) is 27.0. The van der Waals surface area contributed by atoms with E-state index in [2.05, 4.69) is 59.0 Å². The van der Waals surface area contributed by atoms with Gasteiger partial charge in [-0.2, -0.15) is 4.48 Å². The molecular weight excluding hydrogens is 492 g/mol. The normalized spacial score (nSPS) is 31.2. The molecule has 0 bridgehead atoms. The predicted molar refractivity (Wildman–Crippen MR) is 168 cm³/mol. The van der Waals surface area contributed by atoms with Crippen LogP contribution in [0.15, 0.2) is 23.5 Å². The maximum absolute atomic E-state index is 14.1. The van der Waals surface area contributed by atoms with Gasteiger partial charge >= 0.3 is 5.91 Å². The number of amides is 2. The second-order valence-corrected chi connectivity index (χ2v) is 13.3. The molecule has 0 aromatic rings. The van der Waals surface area contributed by atoms with Crippen LogP contribution in [0.4, 0.5) is 0 Å². The number of rotatable bonds is 19. The van der Waals surface area contributed by atoms with Gasteiger partial charge in [0.2, 0.25) is 11.4 Å². The third-order valence-corrected chi connectivity index (χ3v) is 10.8. The van der Waals surface area contributed by atoms with Crippen LogP contribution < -0.4 is 5.32 Å². The molecule has 3 aliphatic rings. The van der Waals surface area contributed by atoms with Crippen molar-refractivity contribution in [3.63, 3.8) is 0 Å². The fraction of sp³-hybridized carbons (Fsp3) is 0.833. The Morgan fingerprint density at radius 2 is 1.62 bits per heavy atom. The Hall–Kier alpha value is -1.42. The van der Waals surface area contributed by atoms with Gasteiger partial charge in [0.25, 0.3) is 0 Å². The van der Waals surface area contributed by atoms with E-state index in [0.717, 1.165) is 69.9 Å². The third-order valence-electron chi connectivity index (χ3n) is 10.8. The zero-order chi connectivity index (χ0) is 29.2. The first-order valence-corrected chi connectivity index (χ1v) is 17.6. The number of quaternary nitrogens is 1. The minimum atomic E-state index is -0.335. The number of unbranched alkanes of at least 4 members (excludes halogenated alkanes) is 8. The Balaban J connectivity index is 1.80. The summed E-state index contributed by atoms with van der Waals surface area (Å²) in [5, 5.41) is 3.47. The van der Waals surface area contributed by atoms with Crippen LogP contribution in [0.25, 0.3) is 0 Å². The van der Waals surface area contributed by atoms with Gasteiger partial charge in [-0.05, 0) is 69.8 Å². The van der Waals surface area contributed by atoms with Gasteiger partial charge in [-0.15, -0.1) is 0 Å². The molecule has 1 N–H and O–H groups in total. The van der Waals surface area contributed by atoms with Crippen molar-refractivity contribution in [1.29, 1.82) is 0 Å². The standard InChI is InChI=1S/C36H62N2O2/c1-7-13-17-19-24-31(29(11-5)22-15-9-3)37-33(39)30-23-21-27-36(28-30)34(40)38(36)32(25-20-18-14-8-2)35(38,12-6)26-16-10-4/h24-25,29-30H,7-23,26-28H2,1-6H3/p+1/b31-24-,32-25-. The smallest absolute Gasteiger partial charge is 0.330 e. The summed E-state index contributed by atoms with van der Waals surface area (Å²) in [5.41, 5.74) is 2.26. The maximum atomic E-state index is 14.1. The second-order valence-electron chi connectivity index (χ2n) is 13.3. The Morgan fingerprint density at radius 1 is 0.950 bits per heavy atom. The molecule has 3 fully saturated rings. The van der Waals surface area contributed by atoms with E-state index >= 15 is 0 Å². The predicted octanol–water partition coefficient (Wildman–Crippen LogP) is 9.89. The number of nitrogens with zero attached hydrogens (tertiary/aromatic N) is 1. The first-order chi connectivity index (χ1) is 19.4. The molecule has 228 valence electrons. The molecule has 0 aromatic heterocycles. The Bertz CT molecular complexity index is 906. The molecular formula is C36H63N2O2+. The molecule has 4 nitrogen and oxygen atoms in total. The second kappa shape index (κ2) is 15.2. The number of allylic oxidation sites excluding steroid dienone is 3. The van der Waals surface area contributed by atoms with Crippen molar-refractivity contribution in [2.24, 2.45) is 11.8 Å². The van der Waals surface area contributed by atoms with E-state index in [1.165, 1.54) is 69.9 Å². The van der Waals surface area contributed by atoms with Crippen LogP contribution in [-0.2, 0) is 9.59 Å². The van der Waals surface area contributed by atoms with Crippen molar-refractivity contribution in [2.75, 3.05) is 0 Å². The molecule has 3 rings (SSSR count). The zero-order valence-electron chi connectivity index (χ0n) is 27.2. The summed E-state index contributed by atoms with van der Waals surface area (Å²) in [7, 11) is 0. The van der Waals surface area contributed by atoms with Gasteiger partial charge in [-0.3, -0.25) is 4.79 Å². The van der Waals surface area contributed by atoms with E-state index in [4.69, 9.17) is 0 Å². The Kier molecular flexibility index (Phi) is 12.5. The summed E-state index contributed by atoms with van der Waals surface area (Å²) in [5.74, 6) is 0.991. The van der Waals surface area contributed by atoms with Crippen LogP contribution in [0.2, 0.25) is 0 Å². The molecule has 4 heteroatoms. The number of hydrogen-bond donors (Lipinski definition) is 1. The molecule has 2 heterocycles. The summed E-state index contributed by atoms with van der Waals surface area (Å²) in [6, 6.07) is 0. The SMILES string of the molecule is CCCCC/C=C(\NC(=O)C1CCCC2(C1)C(=O)[N+]21/C(=C\CCCCC)C1(CC)CCCC)C(CC)CCCC. The first kappa shape index (κ1) is 33.1. The molecule has 1 aliphatic carbocycles. The molecule has 2 amide bonds. The summed E-state index contributed by atoms with van der Waals surface area (Å²) in [4.78, 5) is 28.0. The van der Waals surface area contributed by atoms with Crippen LogP contribution in [0.3, 0.4) is 0 Å². The highest BCUT2D eigenvalue weighted by Gasteiger charge is 3.01. The lowest BCUT2D eigenvalue weighted by Crippen LogP contribution is -2.40. The van der Waals surface area contributed by atoms with E-state index in [1.807, 2.05) is 0 Å². The molecule has 2 spiro atoms. The van der Waals surface area contributed by atoms with Gasteiger partial charge in [-0.1, -0.05) is 92.6 Å². The largest absolute Gasteiger partial charge is 0.382 e. The summed E-state index contributed by atoms with van der Waals surface area (Å²) >= 11 is 0. The summed E-state index contributed by atoms with van der Waals surface area (Å²) in [6.45, 7) is 13.6. The first-order valence-electron chi connectivity index (χ1n) is 17.6. The van der Waals surface area contributed by atoms with Gasteiger partial charge < -0.3 is 5.32 Å². The minimum absolute atomic E-state index is 0.00940. The lowest BCUT2D eigenvalue weighted by molar-refractivity contribution is -0.675. The van der Waals surface area contributed by atoms with Crippen molar-refractivity contribution in [3.8, 4) is 0 Å².